The molecule has 0 bridgehead atoms. The molecule has 4 heteroatoms. The predicted molar refractivity (Wildman–Crippen MR) is 64.9 cm³/mol. The van der Waals surface area contributed by atoms with Crippen molar-refractivity contribution < 1.29 is 4.42 Å². The number of rotatable bonds is 2. The Balaban J connectivity index is 2.33. The van der Waals surface area contributed by atoms with Gasteiger partial charge in [-0.15, -0.1) is 0 Å². The van der Waals surface area contributed by atoms with Crippen LogP contribution in [-0.4, -0.2) is 12.0 Å². The van der Waals surface area contributed by atoms with Crippen LogP contribution in [0.3, 0.4) is 0 Å². The van der Waals surface area contributed by atoms with Gasteiger partial charge in [0.2, 0.25) is 5.88 Å². The normalized spacial score (nSPS) is 10.4. The highest BCUT2D eigenvalue weighted by Gasteiger charge is 2.09. The zero-order chi connectivity index (χ0) is 11.7. The van der Waals surface area contributed by atoms with E-state index < -0.39 is 0 Å². The first-order valence-electron chi connectivity index (χ1n) is 5.11. The van der Waals surface area contributed by atoms with E-state index in [4.69, 9.17) is 10.2 Å². The van der Waals surface area contributed by atoms with Crippen molar-refractivity contribution in [2.24, 2.45) is 0 Å². The van der Waals surface area contributed by atoms with Crippen LogP contribution in [0.4, 0.5) is 17.4 Å². The van der Waals surface area contributed by atoms with E-state index in [1.807, 2.05) is 50.1 Å². The van der Waals surface area contributed by atoms with Crippen LogP contribution < -0.4 is 10.6 Å². The zero-order valence-electron chi connectivity index (χ0n) is 9.69. The lowest BCUT2D eigenvalue weighted by molar-refractivity contribution is 0.537. The fourth-order valence-electron chi connectivity index (χ4n) is 1.46. The number of aryl methyl sites for hydroxylation is 2. The largest absolute Gasteiger partial charge is 0.445 e. The molecule has 0 aliphatic carbocycles. The average Bonchev–Trinajstić information content (AvgIpc) is 2.68. The van der Waals surface area contributed by atoms with Crippen LogP contribution in [-0.2, 0) is 0 Å². The second-order valence-electron chi connectivity index (χ2n) is 3.79. The summed E-state index contributed by atoms with van der Waals surface area (Å²) in [4.78, 5) is 6.29. The summed E-state index contributed by atoms with van der Waals surface area (Å²) in [7, 11) is 1.91. The molecular weight excluding hydrogens is 202 g/mol. The van der Waals surface area contributed by atoms with E-state index in [0.717, 1.165) is 23.2 Å². The maximum Gasteiger partial charge on any atom is 0.200 e. The SMILES string of the molecule is Cc1ccc(N(C)c2ccc(N)c(C)n2)o1. The van der Waals surface area contributed by atoms with Gasteiger partial charge in [0, 0.05) is 13.1 Å². The molecule has 0 aromatic carbocycles. The van der Waals surface area contributed by atoms with Gasteiger partial charge in [-0.3, -0.25) is 4.90 Å². The van der Waals surface area contributed by atoms with Gasteiger partial charge in [0.1, 0.15) is 11.6 Å². The van der Waals surface area contributed by atoms with Crippen molar-refractivity contribution in [2.75, 3.05) is 17.7 Å². The summed E-state index contributed by atoms with van der Waals surface area (Å²) in [6.45, 7) is 3.80. The van der Waals surface area contributed by atoms with Crippen molar-refractivity contribution in [3.63, 3.8) is 0 Å². The minimum atomic E-state index is 0.702. The van der Waals surface area contributed by atoms with Crippen molar-refractivity contribution in [1.29, 1.82) is 0 Å². The number of nitrogens with zero attached hydrogens (tertiary/aromatic N) is 2. The van der Waals surface area contributed by atoms with Crippen LogP contribution in [0.5, 0.6) is 0 Å². The highest BCUT2D eigenvalue weighted by Crippen LogP contribution is 2.24. The Morgan fingerprint density at radius 2 is 1.94 bits per heavy atom. The van der Waals surface area contributed by atoms with Gasteiger partial charge in [-0.2, -0.15) is 0 Å². The highest BCUT2D eigenvalue weighted by atomic mass is 16.4. The van der Waals surface area contributed by atoms with Gasteiger partial charge >= 0.3 is 0 Å². The van der Waals surface area contributed by atoms with Gasteiger partial charge in [0.25, 0.3) is 0 Å². The topological polar surface area (TPSA) is 55.3 Å². The molecular formula is C12H15N3O. The summed E-state index contributed by atoms with van der Waals surface area (Å²) < 4.78 is 5.52. The molecule has 84 valence electrons. The Labute approximate surface area is 94.7 Å². The molecule has 4 nitrogen and oxygen atoms in total. The molecule has 0 amide bonds. The summed E-state index contributed by atoms with van der Waals surface area (Å²) in [6.07, 6.45) is 0. The summed E-state index contributed by atoms with van der Waals surface area (Å²) >= 11 is 0. The van der Waals surface area contributed by atoms with E-state index in [1.54, 1.807) is 0 Å². The Bertz CT molecular complexity index is 505. The third-order valence-electron chi connectivity index (χ3n) is 2.51. The van der Waals surface area contributed by atoms with Crippen LogP contribution >= 0.6 is 0 Å². The molecule has 0 atom stereocenters. The second kappa shape index (κ2) is 3.89. The monoisotopic (exact) mass is 217 g/mol. The van der Waals surface area contributed by atoms with Crippen LogP contribution in [0.25, 0.3) is 0 Å². The van der Waals surface area contributed by atoms with Crippen molar-refractivity contribution in [2.45, 2.75) is 13.8 Å². The summed E-state index contributed by atoms with van der Waals surface area (Å²) in [6, 6.07) is 7.57. The fraction of sp³-hybridized carbons (Fsp3) is 0.250. The van der Waals surface area contributed by atoms with Crippen LogP contribution in [0.15, 0.2) is 28.7 Å². The van der Waals surface area contributed by atoms with E-state index in [-0.39, 0.29) is 0 Å². The molecule has 2 aromatic rings. The third kappa shape index (κ3) is 1.86. The minimum Gasteiger partial charge on any atom is -0.445 e. The molecule has 0 radical (unpaired) electrons. The Kier molecular flexibility index (Phi) is 2.56. The van der Waals surface area contributed by atoms with Crippen LogP contribution in [0.1, 0.15) is 11.5 Å². The number of anilines is 3. The number of nitrogen functional groups attached to an aromatic ring is 1. The standard InChI is InChI=1S/C12H15N3O/c1-8-4-7-12(16-8)15(3)11-6-5-10(13)9(2)14-11/h4-7H,13H2,1-3H3. The molecule has 2 rings (SSSR count). The fourth-order valence-corrected chi connectivity index (χ4v) is 1.46. The van der Waals surface area contributed by atoms with E-state index in [0.29, 0.717) is 5.69 Å². The minimum absolute atomic E-state index is 0.702. The highest BCUT2D eigenvalue weighted by molar-refractivity contribution is 5.57. The molecule has 2 aromatic heterocycles. The van der Waals surface area contributed by atoms with Crippen molar-refractivity contribution in [3.8, 4) is 0 Å². The lowest BCUT2D eigenvalue weighted by atomic mass is 10.3. The molecule has 0 aliphatic heterocycles. The Morgan fingerprint density at radius 3 is 2.50 bits per heavy atom. The quantitative estimate of drug-likeness (QED) is 0.840. The molecule has 0 aliphatic rings. The van der Waals surface area contributed by atoms with E-state index >= 15 is 0 Å². The van der Waals surface area contributed by atoms with Gasteiger partial charge in [0.05, 0.1) is 11.4 Å². The van der Waals surface area contributed by atoms with Crippen molar-refractivity contribution >= 4 is 17.4 Å². The number of hydrogen-bond donors (Lipinski definition) is 1. The number of pyridine rings is 1. The van der Waals surface area contributed by atoms with Gasteiger partial charge in [-0.1, -0.05) is 0 Å². The van der Waals surface area contributed by atoms with Crippen molar-refractivity contribution in [1.82, 2.24) is 4.98 Å². The molecule has 2 N–H and O–H groups in total. The molecule has 0 saturated heterocycles. The van der Waals surface area contributed by atoms with Gasteiger partial charge in [-0.05, 0) is 32.0 Å². The van der Waals surface area contributed by atoms with Gasteiger partial charge in [0.15, 0.2) is 0 Å². The van der Waals surface area contributed by atoms with Crippen molar-refractivity contribution in [3.05, 3.63) is 35.7 Å². The van der Waals surface area contributed by atoms with E-state index in [1.165, 1.54) is 0 Å². The third-order valence-corrected chi connectivity index (χ3v) is 2.51. The molecule has 0 fully saturated rings. The molecule has 2 heterocycles. The first kappa shape index (κ1) is 10.5. The maximum atomic E-state index is 5.73. The summed E-state index contributed by atoms with van der Waals surface area (Å²) in [5, 5.41) is 0. The molecule has 0 saturated carbocycles. The molecule has 16 heavy (non-hydrogen) atoms. The smallest absolute Gasteiger partial charge is 0.200 e. The predicted octanol–water partition coefficient (Wildman–Crippen LogP) is 2.64. The number of nitrogens with two attached hydrogens (primary N) is 1. The van der Waals surface area contributed by atoms with Crippen LogP contribution in [0.2, 0.25) is 0 Å². The maximum absolute atomic E-state index is 5.73. The molecule has 0 unspecified atom stereocenters. The van der Waals surface area contributed by atoms with Gasteiger partial charge < -0.3 is 10.2 Å². The number of aromatic nitrogens is 1. The van der Waals surface area contributed by atoms with E-state index in [9.17, 15) is 0 Å². The lowest BCUT2D eigenvalue weighted by Crippen LogP contribution is -2.11. The van der Waals surface area contributed by atoms with Gasteiger partial charge in [-0.25, -0.2) is 4.98 Å². The van der Waals surface area contributed by atoms with E-state index in [2.05, 4.69) is 4.98 Å². The summed E-state index contributed by atoms with van der Waals surface area (Å²) in [5.41, 5.74) is 7.26. The molecule has 0 spiro atoms. The number of furan rings is 1. The average molecular weight is 217 g/mol. The Morgan fingerprint density at radius 1 is 1.19 bits per heavy atom. The van der Waals surface area contributed by atoms with Crippen LogP contribution in [0, 0.1) is 13.8 Å². The first-order chi connectivity index (χ1) is 7.58. The zero-order valence-corrected chi connectivity index (χ0v) is 9.69. The first-order valence-corrected chi connectivity index (χ1v) is 5.11. The summed E-state index contributed by atoms with van der Waals surface area (Å²) in [5.74, 6) is 2.48. The lowest BCUT2D eigenvalue weighted by Gasteiger charge is -2.15. The second-order valence-corrected chi connectivity index (χ2v) is 3.79. The number of hydrogen-bond acceptors (Lipinski definition) is 4. The Hall–Kier alpha value is -1.97.